The molecular formula is C37H38ClF3N2O4. The number of hydrogen-bond acceptors (Lipinski definition) is 5. The SMILES string of the molecule is O=C(OC1CCCC1)[C@@H](NCCCOc1cc(-c2ccc(F)cc2Cl)c2ccc(=O)n(-c3c(F)cccc3F)c2c1)C1CCCCC1. The van der Waals surface area contributed by atoms with E-state index in [2.05, 4.69) is 5.32 Å². The van der Waals surface area contributed by atoms with E-state index < -0.39 is 28.7 Å². The molecule has 1 N–H and O–H groups in total. The van der Waals surface area contributed by atoms with Crippen LogP contribution in [0.1, 0.15) is 64.2 Å². The summed E-state index contributed by atoms with van der Waals surface area (Å²) in [4.78, 5) is 26.4. The van der Waals surface area contributed by atoms with Crippen LogP contribution in [0, 0.1) is 23.4 Å². The molecule has 10 heteroatoms. The van der Waals surface area contributed by atoms with Crippen LogP contribution in [0.4, 0.5) is 13.2 Å². The Balaban J connectivity index is 1.26. The molecule has 1 aromatic heterocycles. The highest BCUT2D eigenvalue weighted by Gasteiger charge is 2.32. The highest BCUT2D eigenvalue weighted by molar-refractivity contribution is 6.33. The number of benzene rings is 3. The van der Waals surface area contributed by atoms with Crippen LogP contribution in [0.2, 0.25) is 5.02 Å². The van der Waals surface area contributed by atoms with Gasteiger partial charge in [0.15, 0.2) is 0 Å². The number of nitrogens with zero attached hydrogens (tertiary/aromatic N) is 1. The molecule has 2 saturated carbocycles. The van der Waals surface area contributed by atoms with Crippen LogP contribution >= 0.6 is 11.6 Å². The second kappa shape index (κ2) is 14.9. The first-order valence-electron chi connectivity index (χ1n) is 16.5. The highest BCUT2D eigenvalue weighted by atomic mass is 35.5. The molecule has 248 valence electrons. The van der Waals surface area contributed by atoms with E-state index in [1.165, 1.54) is 36.8 Å². The van der Waals surface area contributed by atoms with Crippen LogP contribution in [0.15, 0.2) is 65.5 Å². The van der Waals surface area contributed by atoms with Crippen molar-refractivity contribution in [3.8, 4) is 22.6 Å². The zero-order chi connectivity index (χ0) is 32.9. The minimum absolute atomic E-state index is 0.00525. The second-order valence-electron chi connectivity index (χ2n) is 12.5. The first-order valence-corrected chi connectivity index (χ1v) is 16.8. The van der Waals surface area contributed by atoms with Gasteiger partial charge in [0.25, 0.3) is 5.56 Å². The maximum absolute atomic E-state index is 15.0. The minimum Gasteiger partial charge on any atom is -0.493 e. The lowest BCUT2D eigenvalue weighted by atomic mass is 9.84. The Bertz CT molecular complexity index is 1780. The van der Waals surface area contributed by atoms with Crippen LogP contribution in [0.3, 0.4) is 0 Å². The Morgan fingerprint density at radius 2 is 1.62 bits per heavy atom. The topological polar surface area (TPSA) is 69.6 Å². The number of rotatable bonds is 11. The zero-order valence-corrected chi connectivity index (χ0v) is 26.8. The van der Waals surface area contributed by atoms with Gasteiger partial charge < -0.3 is 14.8 Å². The van der Waals surface area contributed by atoms with Gasteiger partial charge in [-0.3, -0.25) is 14.2 Å². The smallest absolute Gasteiger partial charge is 0.323 e. The summed E-state index contributed by atoms with van der Waals surface area (Å²) in [5, 5.41) is 4.03. The average molecular weight is 667 g/mol. The number of aromatic nitrogens is 1. The van der Waals surface area contributed by atoms with E-state index >= 15 is 8.78 Å². The van der Waals surface area contributed by atoms with Crippen molar-refractivity contribution in [3.63, 3.8) is 0 Å². The van der Waals surface area contributed by atoms with Crippen LogP contribution in [-0.4, -0.2) is 35.8 Å². The van der Waals surface area contributed by atoms with Gasteiger partial charge >= 0.3 is 5.97 Å². The zero-order valence-electron chi connectivity index (χ0n) is 26.1. The van der Waals surface area contributed by atoms with E-state index in [-0.39, 0.29) is 41.2 Å². The standard InChI is InChI=1S/C37H38ClF3N2O4/c38-30-20-24(39)14-15-27(30)29-21-26(22-33-28(29)16-17-34(44)43(33)36-31(40)12-6-13-32(36)41)46-19-7-18-42-35(23-8-2-1-3-9-23)37(45)47-25-10-4-5-11-25/h6,12-17,20-23,25,35,42H,1-5,7-11,18-19H2/t35-/m0/s1. The lowest BCUT2D eigenvalue weighted by Crippen LogP contribution is -2.46. The average Bonchev–Trinajstić information content (AvgIpc) is 3.57. The number of carbonyl (C=O) groups is 1. The number of esters is 1. The first-order chi connectivity index (χ1) is 22.8. The minimum atomic E-state index is -0.905. The lowest BCUT2D eigenvalue weighted by Gasteiger charge is -2.30. The molecule has 2 aliphatic rings. The van der Waals surface area contributed by atoms with Crippen molar-refractivity contribution in [3.05, 3.63) is 93.5 Å². The maximum atomic E-state index is 15.0. The highest BCUT2D eigenvalue weighted by Crippen LogP contribution is 2.38. The fourth-order valence-corrected chi connectivity index (χ4v) is 7.21. The molecule has 1 atom stereocenters. The Kier molecular flexibility index (Phi) is 10.5. The van der Waals surface area contributed by atoms with Crippen molar-refractivity contribution < 1.29 is 27.4 Å². The molecule has 6 rings (SSSR count). The van der Waals surface area contributed by atoms with Gasteiger partial charge in [-0.2, -0.15) is 0 Å². The van der Waals surface area contributed by atoms with Crippen molar-refractivity contribution in [1.82, 2.24) is 9.88 Å². The summed E-state index contributed by atoms with van der Waals surface area (Å²) < 4.78 is 57.0. The predicted octanol–water partition coefficient (Wildman–Crippen LogP) is 8.52. The molecule has 0 aliphatic heterocycles. The molecule has 0 unspecified atom stereocenters. The largest absolute Gasteiger partial charge is 0.493 e. The van der Waals surface area contributed by atoms with E-state index in [0.29, 0.717) is 35.2 Å². The van der Waals surface area contributed by atoms with Crippen molar-refractivity contribution in [1.29, 1.82) is 0 Å². The van der Waals surface area contributed by atoms with Gasteiger partial charge in [-0.1, -0.05) is 36.9 Å². The molecule has 2 aliphatic carbocycles. The van der Waals surface area contributed by atoms with Crippen molar-refractivity contribution >= 4 is 28.5 Å². The molecule has 47 heavy (non-hydrogen) atoms. The third-order valence-electron chi connectivity index (χ3n) is 9.28. The number of ether oxygens (including phenoxy) is 2. The normalized spacial score (nSPS) is 16.4. The molecule has 6 nitrogen and oxygen atoms in total. The van der Waals surface area contributed by atoms with E-state index in [9.17, 15) is 14.0 Å². The lowest BCUT2D eigenvalue weighted by molar-refractivity contribution is -0.153. The van der Waals surface area contributed by atoms with E-state index in [0.717, 1.165) is 68.1 Å². The number of carbonyl (C=O) groups excluding carboxylic acids is 1. The Labute approximate surface area is 276 Å². The molecule has 3 aromatic carbocycles. The van der Waals surface area contributed by atoms with Crippen molar-refractivity contribution in [2.45, 2.75) is 76.4 Å². The van der Waals surface area contributed by atoms with Crippen LogP contribution in [0.5, 0.6) is 5.75 Å². The summed E-state index contributed by atoms with van der Waals surface area (Å²) in [6.45, 7) is 0.756. The number of pyridine rings is 1. The number of fused-ring (bicyclic) bond motifs is 1. The molecule has 0 bridgehead atoms. The van der Waals surface area contributed by atoms with Crippen LogP contribution in [-0.2, 0) is 9.53 Å². The van der Waals surface area contributed by atoms with E-state index in [1.54, 1.807) is 18.2 Å². The maximum Gasteiger partial charge on any atom is 0.323 e. The number of halogens is 4. The number of hydrogen-bond donors (Lipinski definition) is 1. The van der Waals surface area contributed by atoms with Gasteiger partial charge in [0.2, 0.25) is 0 Å². The van der Waals surface area contributed by atoms with Crippen LogP contribution in [0.25, 0.3) is 27.7 Å². The van der Waals surface area contributed by atoms with Gasteiger partial charge in [0, 0.05) is 23.1 Å². The summed E-state index contributed by atoms with van der Waals surface area (Å²) in [5.74, 6) is -1.94. The molecular weight excluding hydrogens is 629 g/mol. The Morgan fingerprint density at radius 1 is 0.894 bits per heavy atom. The van der Waals surface area contributed by atoms with Gasteiger partial charge in [-0.25, -0.2) is 13.2 Å². The molecule has 4 aromatic rings. The number of nitrogens with one attached hydrogen (secondary N) is 1. The van der Waals surface area contributed by atoms with Gasteiger partial charge in [0.05, 0.1) is 17.1 Å². The van der Waals surface area contributed by atoms with Gasteiger partial charge in [-0.15, -0.1) is 0 Å². The third kappa shape index (κ3) is 7.52. The second-order valence-corrected chi connectivity index (χ2v) is 12.9. The summed E-state index contributed by atoms with van der Waals surface area (Å²) in [5.41, 5.74) is -0.00531. The predicted molar refractivity (Wildman–Crippen MR) is 177 cm³/mol. The third-order valence-corrected chi connectivity index (χ3v) is 9.60. The van der Waals surface area contributed by atoms with Gasteiger partial charge in [-0.05, 0) is 105 Å². The van der Waals surface area contributed by atoms with E-state index in [1.807, 2.05) is 0 Å². The summed E-state index contributed by atoms with van der Waals surface area (Å²) >= 11 is 6.46. The monoisotopic (exact) mass is 666 g/mol. The fraction of sp³-hybridized carbons (Fsp3) is 0.405. The molecule has 1 heterocycles. The van der Waals surface area contributed by atoms with Crippen molar-refractivity contribution in [2.75, 3.05) is 13.2 Å². The molecule has 0 saturated heterocycles. The molecule has 2 fully saturated rings. The van der Waals surface area contributed by atoms with Gasteiger partial charge in [0.1, 0.15) is 41.0 Å². The summed E-state index contributed by atoms with van der Waals surface area (Å²) in [7, 11) is 0. The van der Waals surface area contributed by atoms with Crippen molar-refractivity contribution in [2.24, 2.45) is 5.92 Å². The Hall–Kier alpha value is -3.82. The summed E-state index contributed by atoms with van der Waals surface area (Å²) in [6, 6.07) is 13.0. The Morgan fingerprint density at radius 3 is 2.34 bits per heavy atom. The quantitative estimate of drug-likeness (QED) is 0.128. The van der Waals surface area contributed by atoms with E-state index in [4.69, 9.17) is 21.1 Å². The number of para-hydroxylation sites is 1. The molecule has 0 radical (unpaired) electrons. The molecule has 0 spiro atoms. The molecule has 0 amide bonds. The first kappa shape index (κ1) is 33.1. The summed E-state index contributed by atoms with van der Waals surface area (Å²) in [6.07, 6.45) is 9.95. The van der Waals surface area contributed by atoms with Crippen LogP contribution < -0.4 is 15.6 Å². The fourth-order valence-electron chi connectivity index (χ4n) is 6.94.